The van der Waals surface area contributed by atoms with Gasteiger partial charge in [0.1, 0.15) is 0 Å². The first-order valence-electron chi connectivity index (χ1n) is 7.26. The van der Waals surface area contributed by atoms with Gasteiger partial charge in [-0.2, -0.15) is 10.2 Å². The predicted octanol–water partition coefficient (Wildman–Crippen LogP) is 1.86. The van der Waals surface area contributed by atoms with Gasteiger partial charge < -0.3 is 5.32 Å². The molecule has 0 fully saturated rings. The van der Waals surface area contributed by atoms with Crippen LogP contribution in [0.4, 0.5) is 0 Å². The quantitative estimate of drug-likeness (QED) is 0.873. The van der Waals surface area contributed by atoms with Gasteiger partial charge in [0.05, 0.1) is 11.4 Å². The summed E-state index contributed by atoms with van der Waals surface area (Å²) in [5, 5.41) is 16.3. The summed E-state index contributed by atoms with van der Waals surface area (Å²) in [5.74, 6) is 0.804. The third-order valence-corrected chi connectivity index (χ3v) is 3.47. The van der Waals surface area contributed by atoms with Crippen molar-refractivity contribution in [2.24, 2.45) is 0 Å². The zero-order valence-corrected chi connectivity index (χ0v) is 12.8. The van der Waals surface area contributed by atoms with Crippen molar-refractivity contribution in [2.45, 2.75) is 40.0 Å². The Labute approximate surface area is 120 Å². The molecule has 0 unspecified atom stereocenters. The lowest BCUT2D eigenvalue weighted by molar-refractivity contribution is 0.745. The molecule has 0 aromatic carbocycles. The Balaban J connectivity index is 2.47. The first-order valence-corrected chi connectivity index (χ1v) is 7.26. The van der Waals surface area contributed by atoms with Crippen LogP contribution < -0.4 is 5.32 Å². The number of hydrogen-bond acceptors (Lipinski definition) is 4. The molecule has 2 aromatic heterocycles. The van der Waals surface area contributed by atoms with E-state index < -0.39 is 0 Å². The van der Waals surface area contributed by atoms with E-state index in [1.807, 2.05) is 30.8 Å². The Hall–Kier alpha value is -1.75. The highest BCUT2D eigenvalue weighted by Gasteiger charge is 2.16. The molecular formula is C15H23N5. The highest BCUT2D eigenvalue weighted by Crippen LogP contribution is 2.19. The fraction of sp³-hybridized carbons (Fsp3) is 0.533. The van der Waals surface area contributed by atoms with Gasteiger partial charge in [-0.05, 0) is 57.5 Å². The van der Waals surface area contributed by atoms with Crippen LogP contribution in [0.2, 0.25) is 0 Å². The maximum atomic E-state index is 4.74. The number of aromatic nitrogens is 4. The van der Waals surface area contributed by atoms with Crippen LogP contribution in [0.3, 0.4) is 0 Å². The topological polar surface area (TPSA) is 55.6 Å². The molecule has 2 heterocycles. The first-order chi connectivity index (χ1) is 9.71. The average molecular weight is 273 g/mol. The van der Waals surface area contributed by atoms with Gasteiger partial charge in [0.2, 0.25) is 0 Å². The minimum Gasteiger partial charge on any atom is -0.319 e. The molecule has 20 heavy (non-hydrogen) atoms. The molecule has 108 valence electrons. The molecule has 0 saturated heterocycles. The van der Waals surface area contributed by atoms with Gasteiger partial charge in [-0.15, -0.1) is 5.10 Å². The minimum atomic E-state index is 0.804. The average Bonchev–Trinajstić information content (AvgIpc) is 2.83. The molecule has 1 N–H and O–H groups in total. The second-order valence-electron chi connectivity index (χ2n) is 4.88. The van der Waals surface area contributed by atoms with Crippen molar-refractivity contribution in [3.05, 3.63) is 34.8 Å². The van der Waals surface area contributed by atoms with Crippen molar-refractivity contribution < 1.29 is 0 Å². The molecule has 0 radical (unpaired) electrons. The normalized spacial score (nSPS) is 11.0. The summed E-state index contributed by atoms with van der Waals surface area (Å²) in [6.45, 7) is 7.22. The zero-order valence-electron chi connectivity index (χ0n) is 12.8. The van der Waals surface area contributed by atoms with Crippen molar-refractivity contribution in [3.63, 3.8) is 0 Å². The number of aryl methyl sites for hydroxylation is 2. The molecule has 0 amide bonds. The summed E-state index contributed by atoms with van der Waals surface area (Å²) in [7, 11) is 1.98. The van der Waals surface area contributed by atoms with Crippen molar-refractivity contribution in [3.8, 4) is 5.82 Å². The van der Waals surface area contributed by atoms with Crippen molar-refractivity contribution >= 4 is 0 Å². The van der Waals surface area contributed by atoms with E-state index in [2.05, 4.69) is 29.4 Å². The highest BCUT2D eigenvalue weighted by molar-refractivity contribution is 5.34. The molecule has 0 aliphatic rings. The molecule has 5 heteroatoms. The second kappa shape index (κ2) is 6.61. The number of likely N-dealkylation sites (N-methyl/N-ethyl adjacent to an activating group) is 1. The van der Waals surface area contributed by atoms with Gasteiger partial charge in [0.15, 0.2) is 5.82 Å². The number of rotatable bonds is 6. The first kappa shape index (κ1) is 14.7. The number of hydrogen-bond donors (Lipinski definition) is 1. The minimum absolute atomic E-state index is 0.804. The third kappa shape index (κ3) is 2.88. The largest absolute Gasteiger partial charge is 0.319 e. The SMILES string of the molecule is CCc1nn(-c2ccc(C)nn2)c(CC)c1CCNC. The van der Waals surface area contributed by atoms with Crippen LogP contribution in [-0.4, -0.2) is 33.6 Å². The maximum absolute atomic E-state index is 4.74. The fourth-order valence-electron chi connectivity index (χ4n) is 2.42. The Bertz CT molecular complexity index is 556. The van der Waals surface area contributed by atoms with Crippen LogP contribution in [0.1, 0.15) is 36.5 Å². The Morgan fingerprint density at radius 1 is 1.15 bits per heavy atom. The summed E-state index contributed by atoms with van der Waals surface area (Å²) in [4.78, 5) is 0. The smallest absolute Gasteiger partial charge is 0.175 e. The van der Waals surface area contributed by atoms with E-state index in [1.54, 1.807) is 0 Å². The maximum Gasteiger partial charge on any atom is 0.175 e. The summed E-state index contributed by atoms with van der Waals surface area (Å²) < 4.78 is 1.95. The second-order valence-corrected chi connectivity index (χ2v) is 4.88. The van der Waals surface area contributed by atoms with E-state index in [1.165, 1.54) is 17.0 Å². The van der Waals surface area contributed by atoms with Crippen LogP contribution in [0, 0.1) is 6.92 Å². The van der Waals surface area contributed by atoms with Crippen LogP contribution in [0.25, 0.3) is 5.82 Å². The zero-order chi connectivity index (χ0) is 14.5. The van der Waals surface area contributed by atoms with Crippen LogP contribution in [0.15, 0.2) is 12.1 Å². The van der Waals surface area contributed by atoms with Crippen LogP contribution in [-0.2, 0) is 19.3 Å². The molecule has 5 nitrogen and oxygen atoms in total. The molecule has 0 spiro atoms. The lowest BCUT2D eigenvalue weighted by atomic mass is 10.1. The summed E-state index contributed by atoms with van der Waals surface area (Å²) in [6.07, 6.45) is 2.89. The fourth-order valence-corrected chi connectivity index (χ4v) is 2.42. The third-order valence-electron chi connectivity index (χ3n) is 3.47. The standard InChI is InChI=1S/C15H23N5/c1-5-13-12(9-10-16-4)14(6-2)20(19-13)15-8-7-11(3)17-18-15/h7-8,16H,5-6,9-10H2,1-4H3. The molecule has 0 bridgehead atoms. The molecule has 0 saturated carbocycles. The van der Waals surface area contributed by atoms with Crippen LogP contribution in [0.5, 0.6) is 0 Å². The van der Waals surface area contributed by atoms with Gasteiger partial charge in [-0.1, -0.05) is 13.8 Å². The summed E-state index contributed by atoms with van der Waals surface area (Å²) in [5.41, 5.74) is 4.69. The van der Waals surface area contributed by atoms with Crippen molar-refractivity contribution in [1.29, 1.82) is 0 Å². The van der Waals surface area contributed by atoms with E-state index in [4.69, 9.17) is 5.10 Å². The molecule has 0 aliphatic heterocycles. The lowest BCUT2D eigenvalue weighted by Crippen LogP contribution is -2.12. The molecule has 0 atom stereocenters. The van der Waals surface area contributed by atoms with Gasteiger partial charge in [0, 0.05) is 5.69 Å². The summed E-state index contributed by atoms with van der Waals surface area (Å²) in [6, 6.07) is 3.96. The van der Waals surface area contributed by atoms with Gasteiger partial charge in [-0.3, -0.25) is 0 Å². The summed E-state index contributed by atoms with van der Waals surface area (Å²) >= 11 is 0. The molecule has 0 aliphatic carbocycles. The van der Waals surface area contributed by atoms with Crippen LogP contribution >= 0.6 is 0 Å². The van der Waals surface area contributed by atoms with Crippen molar-refractivity contribution in [2.75, 3.05) is 13.6 Å². The molecule has 2 rings (SSSR count). The number of nitrogens with zero attached hydrogens (tertiary/aromatic N) is 4. The van der Waals surface area contributed by atoms with E-state index >= 15 is 0 Å². The molecular weight excluding hydrogens is 250 g/mol. The van der Waals surface area contributed by atoms with Crippen molar-refractivity contribution in [1.82, 2.24) is 25.3 Å². The predicted molar refractivity (Wildman–Crippen MR) is 80.3 cm³/mol. The monoisotopic (exact) mass is 273 g/mol. The lowest BCUT2D eigenvalue weighted by Gasteiger charge is -2.07. The van der Waals surface area contributed by atoms with Gasteiger partial charge in [-0.25, -0.2) is 4.68 Å². The Kier molecular flexibility index (Phi) is 4.84. The van der Waals surface area contributed by atoms with E-state index in [0.29, 0.717) is 0 Å². The van der Waals surface area contributed by atoms with E-state index in [-0.39, 0.29) is 0 Å². The Morgan fingerprint density at radius 3 is 2.50 bits per heavy atom. The van der Waals surface area contributed by atoms with Gasteiger partial charge >= 0.3 is 0 Å². The highest BCUT2D eigenvalue weighted by atomic mass is 15.3. The number of nitrogens with one attached hydrogen (secondary N) is 1. The molecule has 2 aromatic rings. The van der Waals surface area contributed by atoms with Gasteiger partial charge in [0.25, 0.3) is 0 Å². The Morgan fingerprint density at radius 2 is 1.95 bits per heavy atom. The van der Waals surface area contributed by atoms with E-state index in [0.717, 1.165) is 37.3 Å². The van der Waals surface area contributed by atoms with E-state index in [9.17, 15) is 0 Å².